The van der Waals surface area contributed by atoms with Crippen molar-refractivity contribution in [3.63, 3.8) is 0 Å². The Balaban J connectivity index is 2.04. The van der Waals surface area contributed by atoms with Gasteiger partial charge in [0.15, 0.2) is 0 Å². The van der Waals surface area contributed by atoms with Gasteiger partial charge < -0.3 is 9.84 Å². The Morgan fingerprint density at radius 3 is 2.79 bits per heavy atom. The lowest BCUT2D eigenvalue weighted by atomic mass is 9.99. The molecule has 1 saturated heterocycles. The Hall–Kier alpha value is -1.21. The number of carboxylic acids is 1. The molecule has 0 saturated carbocycles. The zero-order valence-corrected chi connectivity index (χ0v) is 11.4. The Bertz CT molecular complexity index is 478. The quantitative estimate of drug-likeness (QED) is 0.898. The van der Waals surface area contributed by atoms with Crippen molar-refractivity contribution in [3.05, 3.63) is 28.2 Å². The third kappa shape index (κ3) is 3.42. The summed E-state index contributed by atoms with van der Waals surface area (Å²) in [5.74, 6) is -1.09. The van der Waals surface area contributed by atoms with E-state index in [4.69, 9.17) is 5.11 Å². The van der Waals surface area contributed by atoms with Crippen molar-refractivity contribution in [2.45, 2.75) is 13.2 Å². The molecule has 19 heavy (non-hydrogen) atoms. The van der Waals surface area contributed by atoms with Crippen LogP contribution < -0.4 is 4.74 Å². The molecule has 1 heterocycles. The van der Waals surface area contributed by atoms with Crippen LogP contribution >= 0.6 is 15.9 Å². The smallest absolute Gasteiger partial charge is 0.387 e. The van der Waals surface area contributed by atoms with Crippen LogP contribution in [0.2, 0.25) is 0 Å². The summed E-state index contributed by atoms with van der Waals surface area (Å²) in [5.41, 5.74) is 0.610. The summed E-state index contributed by atoms with van der Waals surface area (Å²) in [4.78, 5) is 12.6. The van der Waals surface area contributed by atoms with E-state index >= 15 is 0 Å². The summed E-state index contributed by atoms with van der Waals surface area (Å²) in [6.07, 6.45) is 0. The molecule has 1 fully saturated rings. The summed E-state index contributed by atoms with van der Waals surface area (Å²) in [6.45, 7) is -1.64. The fraction of sp³-hybridized carbons (Fsp3) is 0.417. The zero-order valence-electron chi connectivity index (χ0n) is 9.85. The van der Waals surface area contributed by atoms with E-state index in [1.54, 1.807) is 18.2 Å². The lowest BCUT2D eigenvalue weighted by Gasteiger charge is -2.36. The number of rotatable bonds is 5. The number of carbonyl (C=O) groups is 1. The van der Waals surface area contributed by atoms with E-state index in [0.717, 1.165) is 0 Å². The molecule has 4 nitrogen and oxygen atoms in total. The number of ether oxygens (including phenoxy) is 1. The van der Waals surface area contributed by atoms with Crippen molar-refractivity contribution in [1.29, 1.82) is 0 Å². The standard InChI is InChI=1S/C12H12BrF2NO3/c13-9-3-1-2-7(10(9)19-12(14)15)4-16-5-8(6-16)11(17)18/h1-3,8,12H,4-6H2,(H,17,18). The molecule has 0 unspecified atom stereocenters. The first-order valence-electron chi connectivity index (χ1n) is 5.64. The fourth-order valence-corrected chi connectivity index (χ4v) is 2.50. The highest BCUT2D eigenvalue weighted by molar-refractivity contribution is 9.10. The molecule has 0 bridgehead atoms. The van der Waals surface area contributed by atoms with Crippen LogP contribution in [0.4, 0.5) is 8.78 Å². The number of alkyl halides is 2. The second-order valence-corrected chi connectivity index (χ2v) is 5.19. The van der Waals surface area contributed by atoms with E-state index in [2.05, 4.69) is 20.7 Å². The zero-order chi connectivity index (χ0) is 14.0. The molecule has 1 N–H and O–H groups in total. The molecule has 104 valence electrons. The average Bonchev–Trinajstić information content (AvgIpc) is 2.26. The first-order chi connectivity index (χ1) is 8.97. The molecule has 0 aliphatic carbocycles. The summed E-state index contributed by atoms with van der Waals surface area (Å²) < 4.78 is 29.7. The average molecular weight is 336 g/mol. The first kappa shape index (κ1) is 14.2. The summed E-state index contributed by atoms with van der Waals surface area (Å²) in [5, 5.41) is 8.78. The predicted molar refractivity (Wildman–Crippen MR) is 67.2 cm³/mol. The van der Waals surface area contributed by atoms with Gasteiger partial charge in [-0.05, 0) is 22.0 Å². The van der Waals surface area contributed by atoms with E-state index in [1.165, 1.54) is 0 Å². The monoisotopic (exact) mass is 335 g/mol. The van der Waals surface area contributed by atoms with Crippen LogP contribution in [0.1, 0.15) is 5.56 Å². The minimum Gasteiger partial charge on any atom is -0.481 e. The second kappa shape index (κ2) is 5.83. The Kier molecular flexibility index (Phi) is 4.36. The van der Waals surface area contributed by atoms with E-state index in [0.29, 0.717) is 29.7 Å². The molecule has 0 amide bonds. The molecule has 1 aliphatic rings. The molecular formula is C12H12BrF2NO3. The van der Waals surface area contributed by atoms with E-state index in [1.807, 2.05) is 4.90 Å². The van der Waals surface area contributed by atoms with Gasteiger partial charge in [0.1, 0.15) is 5.75 Å². The normalized spacial score (nSPS) is 16.4. The number of halogens is 3. The SMILES string of the molecule is O=C(O)C1CN(Cc2cccc(Br)c2OC(F)F)C1. The van der Waals surface area contributed by atoms with E-state index in [9.17, 15) is 13.6 Å². The highest BCUT2D eigenvalue weighted by Crippen LogP contribution is 2.32. The summed E-state index contributed by atoms with van der Waals surface area (Å²) >= 11 is 3.17. The van der Waals surface area contributed by atoms with Crippen molar-refractivity contribution < 1.29 is 23.4 Å². The third-order valence-corrected chi connectivity index (χ3v) is 3.58. The number of hydrogen-bond donors (Lipinski definition) is 1. The summed E-state index contributed by atoms with van der Waals surface area (Å²) in [6, 6.07) is 5.04. The van der Waals surface area contributed by atoms with E-state index in [-0.39, 0.29) is 11.7 Å². The number of benzene rings is 1. The van der Waals surface area contributed by atoms with Crippen LogP contribution in [0, 0.1) is 5.92 Å². The Labute approximate surface area is 117 Å². The number of carboxylic acid groups (broad SMARTS) is 1. The molecule has 0 spiro atoms. The fourth-order valence-electron chi connectivity index (χ4n) is 2.00. The Morgan fingerprint density at radius 2 is 2.21 bits per heavy atom. The first-order valence-corrected chi connectivity index (χ1v) is 6.44. The minimum absolute atomic E-state index is 0.108. The molecular weight excluding hydrogens is 324 g/mol. The van der Waals surface area contributed by atoms with Crippen LogP contribution in [-0.2, 0) is 11.3 Å². The van der Waals surface area contributed by atoms with Crippen molar-refractivity contribution in [2.24, 2.45) is 5.92 Å². The largest absolute Gasteiger partial charge is 0.481 e. The van der Waals surface area contributed by atoms with Gasteiger partial charge in [0, 0.05) is 25.2 Å². The number of likely N-dealkylation sites (tertiary alicyclic amines) is 1. The van der Waals surface area contributed by atoms with Crippen molar-refractivity contribution in [3.8, 4) is 5.75 Å². The van der Waals surface area contributed by atoms with Gasteiger partial charge in [-0.25, -0.2) is 0 Å². The maximum absolute atomic E-state index is 12.3. The van der Waals surface area contributed by atoms with Crippen molar-refractivity contribution in [2.75, 3.05) is 13.1 Å². The molecule has 2 rings (SSSR count). The van der Waals surface area contributed by atoms with Gasteiger partial charge in [-0.3, -0.25) is 9.69 Å². The lowest BCUT2D eigenvalue weighted by Crippen LogP contribution is -2.49. The maximum Gasteiger partial charge on any atom is 0.387 e. The maximum atomic E-state index is 12.3. The highest BCUT2D eigenvalue weighted by atomic mass is 79.9. The van der Waals surface area contributed by atoms with Crippen molar-refractivity contribution >= 4 is 21.9 Å². The van der Waals surface area contributed by atoms with Crippen LogP contribution in [0.5, 0.6) is 5.75 Å². The molecule has 0 radical (unpaired) electrons. The Morgan fingerprint density at radius 1 is 1.53 bits per heavy atom. The van der Waals surface area contributed by atoms with Gasteiger partial charge in [0.05, 0.1) is 10.4 Å². The van der Waals surface area contributed by atoms with Crippen molar-refractivity contribution in [1.82, 2.24) is 4.90 Å². The van der Waals surface area contributed by atoms with Gasteiger partial charge in [0.25, 0.3) is 0 Å². The molecule has 1 aromatic carbocycles. The number of nitrogens with zero attached hydrogens (tertiary/aromatic N) is 1. The molecule has 1 aliphatic heterocycles. The number of aliphatic carboxylic acids is 1. The molecule has 0 aromatic heterocycles. The van der Waals surface area contributed by atoms with Crippen LogP contribution in [0.3, 0.4) is 0 Å². The minimum atomic E-state index is -2.89. The molecule has 7 heteroatoms. The number of para-hydroxylation sites is 1. The van der Waals surface area contributed by atoms with Crippen LogP contribution in [0.25, 0.3) is 0 Å². The molecule has 1 aromatic rings. The third-order valence-electron chi connectivity index (χ3n) is 2.96. The highest BCUT2D eigenvalue weighted by Gasteiger charge is 2.32. The van der Waals surface area contributed by atoms with Gasteiger partial charge in [-0.1, -0.05) is 12.1 Å². The van der Waals surface area contributed by atoms with Crippen LogP contribution in [-0.4, -0.2) is 35.7 Å². The number of hydrogen-bond acceptors (Lipinski definition) is 3. The van der Waals surface area contributed by atoms with Gasteiger partial charge in [0.2, 0.25) is 0 Å². The van der Waals surface area contributed by atoms with Gasteiger partial charge in [-0.2, -0.15) is 8.78 Å². The summed E-state index contributed by atoms with van der Waals surface area (Å²) in [7, 11) is 0. The topological polar surface area (TPSA) is 49.8 Å². The lowest BCUT2D eigenvalue weighted by molar-refractivity contribution is -0.147. The second-order valence-electron chi connectivity index (χ2n) is 4.34. The van der Waals surface area contributed by atoms with E-state index < -0.39 is 12.6 Å². The van der Waals surface area contributed by atoms with Gasteiger partial charge in [-0.15, -0.1) is 0 Å². The van der Waals surface area contributed by atoms with Crippen LogP contribution in [0.15, 0.2) is 22.7 Å². The molecule has 0 atom stereocenters. The predicted octanol–water partition coefficient (Wildman–Crippen LogP) is 2.57. The van der Waals surface area contributed by atoms with Gasteiger partial charge >= 0.3 is 12.6 Å².